The van der Waals surface area contributed by atoms with Crippen LogP contribution in [0.25, 0.3) is 0 Å². The molecule has 1 heterocycles. The Morgan fingerprint density at radius 1 is 1.19 bits per heavy atom. The minimum Gasteiger partial charge on any atom is -0.482 e. The molecule has 1 aromatic carbocycles. The monoisotopic (exact) mass is 375 g/mol. The summed E-state index contributed by atoms with van der Waals surface area (Å²) in [5.74, 6) is -1.38. The van der Waals surface area contributed by atoms with E-state index < -0.39 is 24.5 Å². The van der Waals surface area contributed by atoms with Gasteiger partial charge < -0.3 is 14.8 Å². The lowest BCUT2D eigenvalue weighted by molar-refractivity contribution is -0.147. The third-order valence-electron chi connectivity index (χ3n) is 4.40. The first-order valence-corrected chi connectivity index (χ1v) is 8.81. The molecule has 1 aromatic rings. The highest BCUT2D eigenvalue weighted by Gasteiger charge is 2.27. The van der Waals surface area contributed by atoms with Crippen LogP contribution in [0.1, 0.15) is 25.7 Å². The standard InChI is InChI=1S/C18H21N3O6/c22-15(20-18(25)19-12-5-1-2-6-12)10-27-17(24)9-21-13-7-3-4-8-14(13)26-11-16(21)23/h3-4,7-8,12H,1-2,5-6,9-11H2,(H2,19,20,22,25). The fourth-order valence-electron chi connectivity index (χ4n) is 3.10. The fraction of sp³-hybridized carbons (Fsp3) is 0.444. The largest absolute Gasteiger partial charge is 0.482 e. The van der Waals surface area contributed by atoms with Crippen LogP contribution in [0.15, 0.2) is 24.3 Å². The molecule has 9 nitrogen and oxygen atoms in total. The number of nitrogens with zero attached hydrogens (tertiary/aromatic N) is 1. The van der Waals surface area contributed by atoms with E-state index >= 15 is 0 Å². The van der Waals surface area contributed by atoms with Gasteiger partial charge in [0.25, 0.3) is 11.8 Å². The number of urea groups is 1. The maximum absolute atomic E-state index is 12.0. The van der Waals surface area contributed by atoms with Crippen molar-refractivity contribution in [1.29, 1.82) is 0 Å². The summed E-state index contributed by atoms with van der Waals surface area (Å²) < 4.78 is 10.2. The lowest BCUT2D eigenvalue weighted by atomic mass is 10.2. The molecule has 1 aliphatic carbocycles. The Kier molecular flexibility index (Phi) is 5.90. The van der Waals surface area contributed by atoms with Crippen molar-refractivity contribution in [3.63, 3.8) is 0 Å². The molecule has 1 saturated carbocycles. The average Bonchev–Trinajstić information content (AvgIpc) is 3.15. The molecular weight excluding hydrogens is 354 g/mol. The molecule has 0 unspecified atom stereocenters. The number of nitrogens with one attached hydrogen (secondary N) is 2. The van der Waals surface area contributed by atoms with Crippen LogP contribution in [-0.2, 0) is 19.1 Å². The highest BCUT2D eigenvalue weighted by Crippen LogP contribution is 2.31. The predicted octanol–water partition coefficient (Wildman–Crippen LogP) is 0.724. The van der Waals surface area contributed by atoms with E-state index in [0.29, 0.717) is 11.4 Å². The summed E-state index contributed by atoms with van der Waals surface area (Å²) in [4.78, 5) is 48.7. The van der Waals surface area contributed by atoms with Crippen LogP contribution in [0.4, 0.5) is 10.5 Å². The number of fused-ring (bicyclic) bond motifs is 1. The Morgan fingerprint density at radius 2 is 1.93 bits per heavy atom. The quantitative estimate of drug-likeness (QED) is 0.733. The Balaban J connectivity index is 1.44. The van der Waals surface area contributed by atoms with Gasteiger partial charge in [0.1, 0.15) is 12.3 Å². The summed E-state index contributed by atoms with van der Waals surface area (Å²) in [6.07, 6.45) is 3.90. The van der Waals surface area contributed by atoms with Gasteiger partial charge in [-0.05, 0) is 25.0 Å². The van der Waals surface area contributed by atoms with Gasteiger partial charge in [-0.1, -0.05) is 25.0 Å². The minimum absolute atomic E-state index is 0.0766. The normalized spacial score (nSPS) is 16.3. The molecule has 0 aromatic heterocycles. The zero-order valence-corrected chi connectivity index (χ0v) is 14.7. The molecule has 9 heteroatoms. The van der Waals surface area contributed by atoms with E-state index in [0.717, 1.165) is 25.7 Å². The lowest BCUT2D eigenvalue weighted by Crippen LogP contribution is -2.46. The third kappa shape index (κ3) is 4.96. The average molecular weight is 375 g/mol. The van der Waals surface area contributed by atoms with Crippen molar-refractivity contribution in [1.82, 2.24) is 10.6 Å². The number of rotatable bonds is 5. The number of anilines is 1. The number of amides is 4. The summed E-state index contributed by atoms with van der Waals surface area (Å²) in [5, 5.41) is 4.83. The van der Waals surface area contributed by atoms with Gasteiger partial charge in [-0.15, -0.1) is 0 Å². The van der Waals surface area contributed by atoms with E-state index in [9.17, 15) is 19.2 Å². The molecule has 0 saturated heterocycles. The van der Waals surface area contributed by atoms with Crippen molar-refractivity contribution in [3.05, 3.63) is 24.3 Å². The Bertz CT molecular complexity index is 744. The van der Waals surface area contributed by atoms with E-state index in [1.165, 1.54) is 4.90 Å². The maximum atomic E-state index is 12.0. The van der Waals surface area contributed by atoms with Crippen LogP contribution in [0, 0.1) is 0 Å². The van der Waals surface area contributed by atoms with Gasteiger partial charge in [0, 0.05) is 6.04 Å². The van der Waals surface area contributed by atoms with Crippen molar-refractivity contribution >= 4 is 29.5 Å². The molecule has 0 radical (unpaired) electrons. The molecule has 1 fully saturated rings. The molecule has 0 spiro atoms. The van der Waals surface area contributed by atoms with E-state index in [-0.39, 0.29) is 25.1 Å². The molecule has 0 atom stereocenters. The summed E-state index contributed by atoms with van der Waals surface area (Å²) in [7, 11) is 0. The second-order valence-corrected chi connectivity index (χ2v) is 6.40. The van der Waals surface area contributed by atoms with Gasteiger partial charge in [0.2, 0.25) is 0 Å². The highest BCUT2D eigenvalue weighted by molar-refractivity contribution is 6.01. The van der Waals surface area contributed by atoms with Gasteiger partial charge in [-0.3, -0.25) is 24.6 Å². The van der Waals surface area contributed by atoms with Crippen molar-refractivity contribution in [2.24, 2.45) is 0 Å². The maximum Gasteiger partial charge on any atom is 0.326 e. The number of hydrogen-bond acceptors (Lipinski definition) is 6. The van der Waals surface area contributed by atoms with Crippen molar-refractivity contribution in [3.8, 4) is 5.75 Å². The molecule has 2 N–H and O–H groups in total. The van der Waals surface area contributed by atoms with Crippen LogP contribution in [-0.4, -0.2) is 49.6 Å². The fourth-order valence-corrected chi connectivity index (χ4v) is 3.10. The molecule has 2 aliphatic rings. The van der Waals surface area contributed by atoms with E-state index in [2.05, 4.69) is 10.6 Å². The number of para-hydroxylation sites is 2. The van der Waals surface area contributed by atoms with Gasteiger partial charge in [0.15, 0.2) is 13.2 Å². The second kappa shape index (κ2) is 8.52. The van der Waals surface area contributed by atoms with Crippen molar-refractivity contribution in [2.45, 2.75) is 31.7 Å². The van der Waals surface area contributed by atoms with Gasteiger partial charge >= 0.3 is 12.0 Å². The molecule has 1 aliphatic heterocycles. The van der Waals surface area contributed by atoms with E-state index in [1.807, 2.05) is 0 Å². The molecule has 4 amide bonds. The SMILES string of the molecule is O=C(COC(=O)CN1C(=O)COc2ccccc21)NC(=O)NC1CCCC1. The topological polar surface area (TPSA) is 114 Å². The Hall–Kier alpha value is -3.10. The number of carbonyl (C=O) groups excluding carboxylic acids is 4. The smallest absolute Gasteiger partial charge is 0.326 e. The number of imide groups is 1. The predicted molar refractivity (Wildman–Crippen MR) is 94.2 cm³/mol. The third-order valence-corrected chi connectivity index (χ3v) is 4.40. The first kappa shape index (κ1) is 18.7. The molecule has 3 rings (SSSR count). The first-order chi connectivity index (χ1) is 13.0. The summed E-state index contributed by atoms with van der Waals surface area (Å²) in [6.45, 7) is -1.12. The number of carbonyl (C=O) groups is 4. The van der Waals surface area contributed by atoms with Crippen LogP contribution in [0.5, 0.6) is 5.75 Å². The van der Waals surface area contributed by atoms with Gasteiger partial charge in [-0.2, -0.15) is 0 Å². The summed E-state index contributed by atoms with van der Waals surface area (Å²) in [6, 6.07) is 6.30. The van der Waals surface area contributed by atoms with Crippen LogP contribution in [0.2, 0.25) is 0 Å². The number of benzene rings is 1. The van der Waals surface area contributed by atoms with Crippen LogP contribution >= 0.6 is 0 Å². The van der Waals surface area contributed by atoms with Gasteiger partial charge in [-0.25, -0.2) is 4.79 Å². The van der Waals surface area contributed by atoms with Crippen molar-refractivity contribution in [2.75, 3.05) is 24.7 Å². The van der Waals surface area contributed by atoms with Crippen LogP contribution in [0.3, 0.4) is 0 Å². The van der Waals surface area contributed by atoms with Gasteiger partial charge in [0.05, 0.1) is 5.69 Å². The zero-order chi connectivity index (χ0) is 19.2. The molecule has 27 heavy (non-hydrogen) atoms. The Labute approximate surface area is 156 Å². The molecule has 144 valence electrons. The van der Waals surface area contributed by atoms with E-state index in [4.69, 9.17) is 9.47 Å². The highest BCUT2D eigenvalue weighted by atomic mass is 16.5. The summed E-state index contributed by atoms with van der Waals surface area (Å²) in [5.41, 5.74) is 0.464. The molecule has 0 bridgehead atoms. The summed E-state index contributed by atoms with van der Waals surface area (Å²) >= 11 is 0. The number of hydrogen-bond donors (Lipinski definition) is 2. The second-order valence-electron chi connectivity index (χ2n) is 6.40. The number of esters is 1. The molecular formula is C18H21N3O6. The Morgan fingerprint density at radius 3 is 2.70 bits per heavy atom. The number of ether oxygens (including phenoxy) is 2. The first-order valence-electron chi connectivity index (χ1n) is 8.81. The van der Waals surface area contributed by atoms with Crippen molar-refractivity contribution < 1.29 is 28.7 Å². The van der Waals surface area contributed by atoms with Crippen LogP contribution < -0.4 is 20.3 Å². The lowest BCUT2D eigenvalue weighted by Gasteiger charge is -2.28. The zero-order valence-electron chi connectivity index (χ0n) is 14.7. The minimum atomic E-state index is -0.758. The van der Waals surface area contributed by atoms with E-state index in [1.54, 1.807) is 24.3 Å².